The van der Waals surface area contributed by atoms with E-state index in [0.717, 1.165) is 24.8 Å². The number of carbonyl (C=O) groups is 2. The largest absolute Gasteiger partial charge is 0.444 e. The minimum absolute atomic E-state index is 0.0502. The van der Waals surface area contributed by atoms with E-state index in [1.54, 1.807) is 44.9 Å². The average Bonchev–Trinajstić information content (AvgIpc) is 2.99. The average molecular weight is 479 g/mol. The normalized spacial score (nSPS) is 24.0. The summed E-state index contributed by atoms with van der Waals surface area (Å²) in [5.41, 5.74) is 0.00326. The first-order chi connectivity index (χ1) is 15.8. The van der Waals surface area contributed by atoms with Crippen molar-refractivity contribution in [3.05, 3.63) is 35.1 Å². The molecule has 34 heavy (non-hydrogen) atoms. The van der Waals surface area contributed by atoms with Gasteiger partial charge in [0.2, 0.25) is 5.91 Å². The molecule has 7 nitrogen and oxygen atoms in total. The molecule has 2 amide bonds. The van der Waals surface area contributed by atoms with E-state index in [2.05, 4.69) is 0 Å². The molecule has 0 N–H and O–H groups in total. The number of hydrogen-bond acceptors (Lipinski definition) is 5. The van der Waals surface area contributed by atoms with Gasteiger partial charge in [-0.25, -0.2) is 9.18 Å². The van der Waals surface area contributed by atoms with Gasteiger partial charge in [-0.15, -0.1) is 0 Å². The molecule has 2 aliphatic rings. The summed E-state index contributed by atoms with van der Waals surface area (Å²) < 4.78 is 31.9. The lowest BCUT2D eigenvalue weighted by Gasteiger charge is -2.39. The molecular weight excluding hydrogens is 439 g/mol. The molecule has 0 aromatic heterocycles. The summed E-state index contributed by atoms with van der Waals surface area (Å²) in [5.74, 6) is -0.654. The number of amides is 2. The van der Waals surface area contributed by atoms with E-state index in [-0.39, 0.29) is 25.2 Å². The molecule has 3 rings (SSSR count). The standard InChI is InChI=1S/C26H39FN2O5/c1-25(2,3)23-28(7)22(30)20(29(23)24(31)34-26(4,5)6)15-18-14-17(11-12-19(18)27)16-33-21-10-8-9-13-32-21/h11-12,14,20-21,23H,8-10,13,15-16H2,1-7H3/t20-,21?,23-/m0/s1. The van der Waals surface area contributed by atoms with Gasteiger partial charge in [-0.1, -0.05) is 32.9 Å². The molecular formula is C26H39FN2O5. The molecule has 190 valence electrons. The summed E-state index contributed by atoms with van der Waals surface area (Å²) in [6.07, 6.45) is 1.65. The van der Waals surface area contributed by atoms with Gasteiger partial charge < -0.3 is 19.1 Å². The highest BCUT2D eigenvalue weighted by Gasteiger charge is 2.52. The van der Waals surface area contributed by atoms with Crippen LogP contribution in [0.4, 0.5) is 9.18 Å². The Labute approximate surface area is 202 Å². The van der Waals surface area contributed by atoms with Crippen molar-refractivity contribution in [2.75, 3.05) is 13.7 Å². The van der Waals surface area contributed by atoms with Gasteiger partial charge in [-0.05, 0) is 57.2 Å². The molecule has 0 saturated carbocycles. The SMILES string of the molecule is CN1C(=O)[C@H](Cc2cc(COC3CCCCO3)ccc2F)N(C(=O)OC(C)(C)C)[C@H]1C(C)(C)C. The van der Waals surface area contributed by atoms with Crippen LogP contribution in [0.15, 0.2) is 18.2 Å². The Kier molecular flexibility index (Phi) is 7.92. The predicted molar refractivity (Wildman–Crippen MR) is 126 cm³/mol. The number of hydrogen-bond donors (Lipinski definition) is 0. The number of nitrogens with zero attached hydrogens (tertiary/aromatic N) is 2. The molecule has 8 heteroatoms. The van der Waals surface area contributed by atoms with E-state index in [0.29, 0.717) is 12.2 Å². The van der Waals surface area contributed by atoms with Gasteiger partial charge in [-0.2, -0.15) is 0 Å². The molecule has 0 aliphatic carbocycles. The highest BCUT2D eigenvalue weighted by molar-refractivity contribution is 5.89. The Hall–Kier alpha value is -2.19. The van der Waals surface area contributed by atoms with E-state index in [9.17, 15) is 14.0 Å². The summed E-state index contributed by atoms with van der Waals surface area (Å²) in [5, 5.41) is 0. The van der Waals surface area contributed by atoms with Crippen LogP contribution in [0.5, 0.6) is 0 Å². The number of rotatable bonds is 5. The molecule has 0 radical (unpaired) electrons. The van der Waals surface area contributed by atoms with Crippen molar-refractivity contribution in [2.45, 2.75) is 97.9 Å². The lowest BCUT2D eigenvalue weighted by molar-refractivity contribution is -0.168. The van der Waals surface area contributed by atoms with Crippen molar-refractivity contribution in [3.63, 3.8) is 0 Å². The quantitative estimate of drug-likeness (QED) is 0.605. The maximum absolute atomic E-state index is 14.8. The van der Waals surface area contributed by atoms with Gasteiger partial charge in [0.1, 0.15) is 23.6 Å². The maximum atomic E-state index is 14.8. The lowest BCUT2D eigenvalue weighted by Crippen LogP contribution is -2.52. The molecule has 1 unspecified atom stereocenters. The molecule has 1 aromatic carbocycles. The van der Waals surface area contributed by atoms with Crippen LogP contribution in [0, 0.1) is 11.2 Å². The molecule has 2 heterocycles. The Morgan fingerprint density at radius 3 is 2.47 bits per heavy atom. The molecule has 0 spiro atoms. The summed E-state index contributed by atoms with van der Waals surface area (Å²) >= 11 is 0. The van der Waals surface area contributed by atoms with Crippen molar-refractivity contribution in [1.29, 1.82) is 0 Å². The zero-order valence-corrected chi connectivity index (χ0v) is 21.5. The van der Waals surface area contributed by atoms with Crippen LogP contribution < -0.4 is 0 Å². The molecule has 2 fully saturated rings. The summed E-state index contributed by atoms with van der Waals surface area (Å²) in [6, 6.07) is 3.91. The Morgan fingerprint density at radius 2 is 1.88 bits per heavy atom. The van der Waals surface area contributed by atoms with Crippen LogP contribution >= 0.6 is 0 Å². The van der Waals surface area contributed by atoms with E-state index >= 15 is 0 Å². The molecule has 0 bridgehead atoms. The topological polar surface area (TPSA) is 68.3 Å². The van der Waals surface area contributed by atoms with E-state index in [1.807, 2.05) is 20.8 Å². The maximum Gasteiger partial charge on any atom is 0.412 e. The van der Waals surface area contributed by atoms with Gasteiger partial charge in [-0.3, -0.25) is 9.69 Å². The van der Waals surface area contributed by atoms with Crippen molar-refractivity contribution in [1.82, 2.24) is 9.80 Å². The van der Waals surface area contributed by atoms with Crippen LogP contribution in [0.1, 0.15) is 71.9 Å². The van der Waals surface area contributed by atoms with Gasteiger partial charge in [0, 0.05) is 25.5 Å². The summed E-state index contributed by atoms with van der Waals surface area (Å²) in [6.45, 7) is 12.2. The van der Waals surface area contributed by atoms with Crippen LogP contribution in [0.2, 0.25) is 0 Å². The highest BCUT2D eigenvalue weighted by Crippen LogP contribution is 2.36. The molecule has 1 aromatic rings. The highest BCUT2D eigenvalue weighted by atomic mass is 19.1. The number of likely N-dealkylation sites (N-methyl/N-ethyl adjacent to an activating group) is 1. The zero-order valence-electron chi connectivity index (χ0n) is 21.5. The fraction of sp³-hybridized carbons (Fsp3) is 0.692. The van der Waals surface area contributed by atoms with Crippen molar-refractivity contribution >= 4 is 12.0 Å². The van der Waals surface area contributed by atoms with Gasteiger partial charge in [0.25, 0.3) is 0 Å². The number of halogens is 1. The van der Waals surface area contributed by atoms with Crippen LogP contribution in [-0.2, 0) is 32.0 Å². The second kappa shape index (κ2) is 10.2. The second-order valence-electron chi connectivity index (χ2n) is 11.3. The van der Waals surface area contributed by atoms with Crippen LogP contribution in [-0.4, -0.2) is 59.6 Å². The fourth-order valence-corrected chi connectivity index (χ4v) is 4.67. The predicted octanol–water partition coefficient (Wildman–Crippen LogP) is 4.86. The zero-order chi connectivity index (χ0) is 25.3. The number of carbonyl (C=O) groups excluding carboxylic acids is 2. The van der Waals surface area contributed by atoms with Gasteiger partial charge >= 0.3 is 6.09 Å². The fourth-order valence-electron chi connectivity index (χ4n) is 4.67. The molecule has 2 aliphatic heterocycles. The third kappa shape index (κ3) is 6.27. The minimum atomic E-state index is -0.864. The lowest BCUT2D eigenvalue weighted by atomic mass is 9.91. The smallest absolute Gasteiger partial charge is 0.412 e. The Morgan fingerprint density at radius 1 is 1.18 bits per heavy atom. The first-order valence-corrected chi connectivity index (χ1v) is 12.1. The van der Waals surface area contributed by atoms with E-state index < -0.39 is 35.1 Å². The molecule has 3 atom stereocenters. The van der Waals surface area contributed by atoms with Crippen molar-refractivity contribution in [3.8, 4) is 0 Å². The molecule has 2 saturated heterocycles. The van der Waals surface area contributed by atoms with Crippen LogP contribution in [0.25, 0.3) is 0 Å². The third-order valence-electron chi connectivity index (χ3n) is 6.07. The third-order valence-corrected chi connectivity index (χ3v) is 6.07. The van der Waals surface area contributed by atoms with Crippen LogP contribution in [0.3, 0.4) is 0 Å². The van der Waals surface area contributed by atoms with E-state index in [1.165, 1.54) is 11.0 Å². The second-order valence-corrected chi connectivity index (χ2v) is 11.3. The Bertz CT molecular complexity index is 886. The van der Waals surface area contributed by atoms with Crippen molar-refractivity contribution < 1.29 is 28.2 Å². The number of ether oxygens (including phenoxy) is 3. The minimum Gasteiger partial charge on any atom is -0.444 e. The first kappa shape index (κ1) is 26.4. The summed E-state index contributed by atoms with van der Waals surface area (Å²) in [7, 11) is 1.68. The Balaban J connectivity index is 1.84. The van der Waals surface area contributed by atoms with E-state index in [4.69, 9.17) is 14.2 Å². The first-order valence-electron chi connectivity index (χ1n) is 12.1. The van der Waals surface area contributed by atoms with Gasteiger partial charge in [0.15, 0.2) is 6.29 Å². The van der Waals surface area contributed by atoms with Gasteiger partial charge in [0.05, 0.1) is 6.61 Å². The monoisotopic (exact) mass is 478 g/mol. The summed E-state index contributed by atoms with van der Waals surface area (Å²) in [4.78, 5) is 29.6. The van der Waals surface area contributed by atoms with Crippen molar-refractivity contribution in [2.24, 2.45) is 5.41 Å². The number of benzene rings is 1.